The van der Waals surface area contributed by atoms with E-state index >= 15 is 0 Å². The maximum absolute atomic E-state index is 12.3. The lowest BCUT2D eigenvalue weighted by Gasteiger charge is -2.09. The molecule has 0 radical (unpaired) electrons. The normalized spacial score (nSPS) is 12.4. The number of carbonyl (C=O) groups excluding carboxylic acids is 1. The lowest BCUT2D eigenvalue weighted by molar-refractivity contribution is 0.0994. The van der Waals surface area contributed by atoms with Crippen LogP contribution in [0.25, 0.3) is 0 Å². The Hall–Kier alpha value is -1.14. The van der Waals surface area contributed by atoms with Gasteiger partial charge in [0.05, 0.1) is 5.25 Å². The van der Waals surface area contributed by atoms with Crippen molar-refractivity contribution in [2.45, 2.75) is 24.3 Å². The van der Waals surface area contributed by atoms with Crippen LogP contribution in [0.15, 0.2) is 33.9 Å². The minimum absolute atomic E-state index is 0.0955. The summed E-state index contributed by atoms with van der Waals surface area (Å²) in [6, 6.07) is 7.39. The van der Waals surface area contributed by atoms with Crippen molar-refractivity contribution in [1.29, 1.82) is 0 Å². The number of aryl methyl sites for hydroxylation is 1. The van der Waals surface area contributed by atoms with E-state index in [-0.39, 0.29) is 11.0 Å². The monoisotopic (exact) mass is 339 g/mol. The maximum Gasteiger partial charge on any atom is 0.191 e. The first-order valence-corrected chi connectivity index (χ1v) is 7.48. The average molecular weight is 340 g/mol. The van der Waals surface area contributed by atoms with E-state index in [1.165, 1.54) is 11.8 Å². The van der Waals surface area contributed by atoms with E-state index in [0.717, 1.165) is 15.5 Å². The fourth-order valence-electron chi connectivity index (χ4n) is 1.55. The van der Waals surface area contributed by atoms with Gasteiger partial charge in [-0.3, -0.25) is 4.79 Å². The van der Waals surface area contributed by atoms with Crippen LogP contribution in [-0.2, 0) is 7.05 Å². The Bertz CT molecular complexity index is 594. The van der Waals surface area contributed by atoms with Crippen LogP contribution in [0.4, 0.5) is 0 Å². The van der Waals surface area contributed by atoms with Crippen molar-refractivity contribution >= 4 is 33.5 Å². The molecule has 2 rings (SSSR count). The summed E-state index contributed by atoms with van der Waals surface area (Å²) in [5, 5.41) is 8.62. The number of rotatable bonds is 4. The van der Waals surface area contributed by atoms with E-state index in [2.05, 4.69) is 26.1 Å². The summed E-state index contributed by atoms with van der Waals surface area (Å²) in [6.07, 6.45) is 0. The van der Waals surface area contributed by atoms with Gasteiger partial charge in [-0.05, 0) is 26.0 Å². The number of halogens is 1. The Balaban J connectivity index is 2.11. The molecule has 19 heavy (non-hydrogen) atoms. The fraction of sp³-hybridized carbons (Fsp3) is 0.308. The molecule has 0 bridgehead atoms. The van der Waals surface area contributed by atoms with Crippen molar-refractivity contribution in [3.63, 3.8) is 0 Å². The molecule has 0 amide bonds. The predicted octanol–water partition coefficient (Wildman–Crippen LogP) is 3.25. The number of aromatic nitrogens is 3. The van der Waals surface area contributed by atoms with Crippen LogP contribution in [-0.4, -0.2) is 25.8 Å². The fourth-order valence-corrected chi connectivity index (χ4v) is 2.75. The zero-order valence-corrected chi connectivity index (χ0v) is 13.3. The highest BCUT2D eigenvalue weighted by atomic mass is 79.9. The molecule has 4 nitrogen and oxygen atoms in total. The second kappa shape index (κ2) is 5.88. The van der Waals surface area contributed by atoms with Crippen LogP contribution in [0.3, 0.4) is 0 Å². The molecule has 1 aromatic carbocycles. The molecule has 6 heteroatoms. The Kier molecular flexibility index (Phi) is 4.42. The Morgan fingerprint density at radius 1 is 1.32 bits per heavy atom. The van der Waals surface area contributed by atoms with Crippen LogP contribution in [0, 0.1) is 6.92 Å². The van der Waals surface area contributed by atoms with Crippen LogP contribution in [0.2, 0.25) is 0 Å². The van der Waals surface area contributed by atoms with Crippen LogP contribution >= 0.6 is 27.7 Å². The van der Waals surface area contributed by atoms with Gasteiger partial charge in [0.25, 0.3) is 0 Å². The number of ketones is 1. The molecule has 0 fully saturated rings. The van der Waals surface area contributed by atoms with E-state index in [0.29, 0.717) is 5.56 Å². The van der Waals surface area contributed by atoms with Crippen molar-refractivity contribution in [3.8, 4) is 0 Å². The SMILES string of the molecule is Cc1nnc(S[C@@H](C)C(=O)c2ccc(Br)cc2)n1C. The average Bonchev–Trinajstić information content (AvgIpc) is 2.71. The largest absolute Gasteiger partial charge is 0.309 e. The highest BCUT2D eigenvalue weighted by Gasteiger charge is 2.19. The van der Waals surface area contributed by atoms with Gasteiger partial charge in [-0.25, -0.2) is 0 Å². The first-order valence-electron chi connectivity index (χ1n) is 5.81. The van der Waals surface area contributed by atoms with Crippen molar-refractivity contribution in [2.24, 2.45) is 7.05 Å². The molecule has 0 aliphatic rings. The number of thioether (sulfide) groups is 1. The second-order valence-electron chi connectivity index (χ2n) is 4.22. The summed E-state index contributed by atoms with van der Waals surface area (Å²) in [4.78, 5) is 12.3. The minimum Gasteiger partial charge on any atom is -0.309 e. The summed E-state index contributed by atoms with van der Waals surface area (Å²) >= 11 is 4.79. The van der Waals surface area contributed by atoms with Gasteiger partial charge in [0.15, 0.2) is 10.9 Å². The molecular formula is C13H14BrN3OS. The molecule has 0 saturated heterocycles. The van der Waals surface area contributed by atoms with Gasteiger partial charge in [0, 0.05) is 17.1 Å². The summed E-state index contributed by atoms with van der Waals surface area (Å²) < 4.78 is 2.85. The molecule has 1 aromatic heterocycles. The van der Waals surface area contributed by atoms with Crippen molar-refractivity contribution in [2.75, 3.05) is 0 Å². The highest BCUT2D eigenvalue weighted by molar-refractivity contribution is 9.10. The first-order chi connectivity index (χ1) is 8.99. The topological polar surface area (TPSA) is 47.8 Å². The third-order valence-corrected chi connectivity index (χ3v) is 4.50. The number of nitrogens with zero attached hydrogens (tertiary/aromatic N) is 3. The van der Waals surface area contributed by atoms with E-state index in [9.17, 15) is 4.79 Å². The predicted molar refractivity (Wildman–Crippen MR) is 79.5 cm³/mol. The molecule has 100 valence electrons. The summed E-state index contributed by atoms with van der Waals surface area (Å²) in [5.41, 5.74) is 0.710. The summed E-state index contributed by atoms with van der Waals surface area (Å²) in [5.74, 6) is 0.934. The third kappa shape index (κ3) is 3.25. The lowest BCUT2D eigenvalue weighted by Crippen LogP contribution is -2.14. The second-order valence-corrected chi connectivity index (χ2v) is 6.44. The molecule has 0 aliphatic carbocycles. The first kappa shape index (κ1) is 14.3. The van der Waals surface area contributed by atoms with Gasteiger partial charge in [-0.2, -0.15) is 0 Å². The molecule has 0 saturated carbocycles. The molecule has 0 N–H and O–H groups in total. The zero-order chi connectivity index (χ0) is 14.0. The van der Waals surface area contributed by atoms with Gasteiger partial charge in [-0.15, -0.1) is 10.2 Å². The van der Waals surface area contributed by atoms with Gasteiger partial charge >= 0.3 is 0 Å². The van der Waals surface area contributed by atoms with Gasteiger partial charge in [0.1, 0.15) is 5.82 Å². The molecule has 0 unspecified atom stereocenters. The molecule has 0 spiro atoms. The number of benzene rings is 1. The molecular weight excluding hydrogens is 326 g/mol. The third-order valence-electron chi connectivity index (χ3n) is 2.83. The number of hydrogen-bond donors (Lipinski definition) is 0. The summed E-state index contributed by atoms with van der Waals surface area (Å²) in [7, 11) is 1.90. The summed E-state index contributed by atoms with van der Waals surface area (Å²) in [6.45, 7) is 3.78. The van der Waals surface area contributed by atoms with Crippen molar-refractivity contribution < 1.29 is 4.79 Å². The Labute approximate surface area is 124 Å². The van der Waals surface area contributed by atoms with Crippen molar-refractivity contribution in [3.05, 3.63) is 40.1 Å². The smallest absolute Gasteiger partial charge is 0.191 e. The molecule has 1 heterocycles. The van der Waals surface area contributed by atoms with Crippen LogP contribution in [0.5, 0.6) is 0 Å². The van der Waals surface area contributed by atoms with E-state index in [4.69, 9.17) is 0 Å². The molecule has 2 aromatic rings. The highest BCUT2D eigenvalue weighted by Crippen LogP contribution is 2.24. The van der Waals surface area contributed by atoms with E-state index in [1.54, 1.807) is 0 Å². The van der Waals surface area contributed by atoms with Gasteiger partial charge in [-0.1, -0.05) is 39.8 Å². The number of carbonyl (C=O) groups is 1. The standard InChI is InChI=1S/C13H14BrN3OS/c1-8(19-13-16-15-9(2)17(13)3)12(18)10-4-6-11(14)7-5-10/h4-8H,1-3H3/t8-/m0/s1. The number of hydrogen-bond acceptors (Lipinski definition) is 4. The molecule has 1 atom stereocenters. The van der Waals surface area contributed by atoms with E-state index < -0.39 is 0 Å². The van der Waals surface area contributed by atoms with Crippen LogP contribution in [0.1, 0.15) is 23.1 Å². The number of Topliss-reactive ketones (excluding diaryl/α,β-unsaturated/α-hetero) is 1. The quantitative estimate of drug-likeness (QED) is 0.633. The van der Waals surface area contributed by atoms with E-state index in [1.807, 2.05) is 49.7 Å². The van der Waals surface area contributed by atoms with Crippen LogP contribution < -0.4 is 0 Å². The minimum atomic E-state index is -0.191. The zero-order valence-electron chi connectivity index (χ0n) is 10.9. The maximum atomic E-state index is 12.3. The Morgan fingerprint density at radius 3 is 2.47 bits per heavy atom. The van der Waals surface area contributed by atoms with Crippen molar-refractivity contribution in [1.82, 2.24) is 14.8 Å². The van der Waals surface area contributed by atoms with Gasteiger partial charge in [0.2, 0.25) is 0 Å². The molecule has 0 aliphatic heterocycles. The Morgan fingerprint density at radius 2 is 1.95 bits per heavy atom. The lowest BCUT2D eigenvalue weighted by atomic mass is 10.1. The van der Waals surface area contributed by atoms with Gasteiger partial charge < -0.3 is 4.57 Å².